The van der Waals surface area contributed by atoms with E-state index in [9.17, 15) is 22.4 Å². The third-order valence-electron chi connectivity index (χ3n) is 7.78. The van der Waals surface area contributed by atoms with E-state index < -0.39 is 23.2 Å². The van der Waals surface area contributed by atoms with E-state index in [1.165, 1.54) is 12.1 Å². The van der Waals surface area contributed by atoms with Gasteiger partial charge in [0, 0.05) is 47.5 Å². The molecule has 38 heavy (non-hydrogen) atoms. The van der Waals surface area contributed by atoms with E-state index in [1.54, 1.807) is 6.07 Å². The number of hydrogen-bond acceptors (Lipinski definition) is 5. The number of carbonyl (C=O) groups is 1. The maximum Gasteiger partial charge on any atom is 0.433 e. The zero-order valence-electron chi connectivity index (χ0n) is 20.6. The number of amides is 1. The number of alkyl halides is 3. The van der Waals surface area contributed by atoms with Crippen LogP contribution in [0.15, 0.2) is 29.3 Å². The van der Waals surface area contributed by atoms with Gasteiger partial charge in [-0.15, -0.1) is 0 Å². The summed E-state index contributed by atoms with van der Waals surface area (Å²) in [6.07, 6.45) is -0.0220. The van der Waals surface area contributed by atoms with Crippen molar-refractivity contribution in [1.29, 1.82) is 0 Å². The molecule has 0 radical (unpaired) electrons. The summed E-state index contributed by atoms with van der Waals surface area (Å²) in [5.74, 6) is 0.0546. The van der Waals surface area contributed by atoms with Crippen molar-refractivity contribution in [2.75, 3.05) is 24.6 Å². The highest BCUT2D eigenvalue weighted by Gasteiger charge is 2.47. The van der Waals surface area contributed by atoms with Gasteiger partial charge in [-0.3, -0.25) is 9.79 Å². The van der Waals surface area contributed by atoms with Crippen molar-refractivity contribution in [2.45, 2.75) is 62.8 Å². The zero-order chi connectivity index (χ0) is 26.7. The lowest BCUT2D eigenvalue weighted by Crippen LogP contribution is -2.49. The lowest BCUT2D eigenvalue weighted by molar-refractivity contribution is -0.141. The molecule has 2 aliphatic heterocycles. The third-order valence-corrected chi connectivity index (χ3v) is 8.00. The topological polar surface area (TPSA) is 66.8 Å². The second-order valence-corrected chi connectivity index (χ2v) is 11.1. The van der Waals surface area contributed by atoms with Crippen LogP contribution in [0, 0.1) is 11.7 Å². The van der Waals surface area contributed by atoms with E-state index in [-0.39, 0.29) is 29.3 Å². The summed E-state index contributed by atoms with van der Waals surface area (Å²) in [7, 11) is 0. The number of amidine groups is 1. The summed E-state index contributed by atoms with van der Waals surface area (Å²) >= 11 is 6.18. The molecule has 202 valence electrons. The molecule has 0 bridgehead atoms. The van der Waals surface area contributed by atoms with Gasteiger partial charge in [0.1, 0.15) is 22.9 Å². The second kappa shape index (κ2) is 9.48. The summed E-state index contributed by atoms with van der Waals surface area (Å²) in [6, 6.07) is 5.30. The van der Waals surface area contributed by atoms with E-state index in [0.717, 1.165) is 31.7 Å². The summed E-state index contributed by atoms with van der Waals surface area (Å²) in [4.78, 5) is 23.8. The fourth-order valence-electron chi connectivity index (χ4n) is 5.23. The molecule has 1 aromatic carbocycles. The number of pyridine rings is 1. The molecule has 1 saturated heterocycles. The van der Waals surface area contributed by atoms with Crippen LogP contribution in [0.2, 0.25) is 5.02 Å². The summed E-state index contributed by atoms with van der Waals surface area (Å²) in [6.45, 7) is 1.61. The van der Waals surface area contributed by atoms with Crippen LogP contribution < -0.4 is 10.2 Å². The average Bonchev–Trinajstić information content (AvgIpc) is 3.79. The van der Waals surface area contributed by atoms with Gasteiger partial charge in [0.15, 0.2) is 0 Å². The van der Waals surface area contributed by atoms with Gasteiger partial charge < -0.3 is 15.0 Å². The van der Waals surface area contributed by atoms with Crippen LogP contribution >= 0.6 is 11.6 Å². The molecular weight excluding hydrogens is 524 g/mol. The Labute approximate surface area is 222 Å². The Kier molecular flexibility index (Phi) is 6.38. The van der Waals surface area contributed by atoms with Crippen LogP contribution in [-0.4, -0.2) is 42.0 Å². The molecule has 1 amide bonds. The van der Waals surface area contributed by atoms with Crippen molar-refractivity contribution in [1.82, 2.24) is 10.3 Å². The number of rotatable bonds is 7. The fraction of sp³-hybridized carbons (Fsp3) is 0.519. The Morgan fingerprint density at radius 1 is 1.13 bits per heavy atom. The molecule has 2 saturated carbocycles. The first-order chi connectivity index (χ1) is 18.1. The largest absolute Gasteiger partial charge is 0.433 e. The molecule has 2 aromatic rings. The molecule has 11 heteroatoms. The van der Waals surface area contributed by atoms with E-state index in [2.05, 4.69) is 10.3 Å². The Morgan fingerprint density at radius 2 is 1.87 bits per heavy atom. The van der Waals surface area contributed by atoms with Gasteiger partial charge >= 0.3 is 6.18 Å². The lowest BCUT2D eigenvalue weighted by atomic mass is 9.87. The van der Waals surface area contributed by atoms with E-state index in [0.29, 0.717) is 61.0 Å². The monoisotopic (exact) mass is 550 g/mol. The first kappa shape index (κ1) is 25.6. The molecule has 2 aliphatic carbocycles. The Balaban J connectivity index is 1.22. The lowest BCUT2D eigenvalue weighted by Gasteiger charge is -2.37. The molecule has 0 atom stereocenters. The SMILES string of the molecule is O=C1NC(c2ccc(C(F)(F)F)nc2C2CC2)=NC12CCN(c1cc(Cl)cc(F)c1COCC1CC1)CC2. The number of benzene rings is 1. The normalized spacial score (nSPS) is 21.1. The predicted octanol–water partition coefficient (Wildman–Crippen LogP) is 5.61. The summed E-state index contributed by atoms with van der Waals surface area (Å²) in [5, 5.41) is 3.09. The first-order valence-corrected chi connectivity index (χ1v) is 13.3. The number of piperidine rings is 1. The minimum atomic E-state index is -4.54. The van der Waals surface area contributed by atoms with E-state index >= 15 is 0 Å². The van der Waals surface area contributed by atoms with E-state index in [1.807, 2.05) is 4.90 Å². The number of halogens is 5. The van der Waals surface area contributed by atoms with Crippen LogP contribution in [0.1, 0.15) is 67.0 Å². The summed E-state index contributed by atoms with van der Waals surface area (Å²) < 4.78 is 60.4. The highest BCUT2D eigenvalue weighted by Crippen LogP contribution is 2.43. The minimum absolute atomic E-state index is 0.0661. The Morgan fingerprint density at radius 3 is 2.53 bits per heavy atom. The Bertz CT molecular complexity index is 1300. The molecule has 1 aromatic heterocycles. The maximum absolute atomic E-state index is 14.9. The van der Waals surface area contributed by atoms with Gasteiger partial charge in [-0.2, -0.15) is 13.2 Å². The number of ether oxygens (including phenoxy) is 1. The van der Waals surface area contributed by atoms with Gasteiger partial charge in [-0.25, -0.2) is 9.37 Å². The van der Waals surface area contributed by atoms with Crippen molar-refractivity contribution in [2.24, 2.45) is 10.9 Å². The van der Waals surface area contributed by atoms with Crippen molar-refractivity contribution in [3.8, 4) is 0 Å². The second-order valence-electron chi connectivity index (χ2n) is 10.7. The van der Waals surface area contributed by atoms with Gasteiger partial charge in [0.25, 0.3) is 5.91 Å². The first-order valence-electron chi connectivity index (χ1n) is 12.9. The number of hydrogen-bond donors (Lipinski definition) is 1. The van der Waals surface area contributed by atoms with Gasteiger partial charge in [-0.1, -0.05) is 11.6 Å². The van der Waals surface area contributed by atoms with Crippen molar-refractivity contribution in [3.05, 3.63) is 57.6 Å². The van der Waals surface area contributed by atoms with Crippen LogP contribution in [0.5, 0.6) is 0 Å². The Hall–Kier alpha value is -2.72. The molecule has 3 fully saturated rings. The minimum Gasteiger partial charge on any atom is -0.376 e. The molecule has 1 spiro atoms. The fourth-order valence-corrected chi connectivity index (χ4v) is 5.43. The van der Waals surface area contributed by atoms with Crippen LogP contribution in [-0.2, 0) is 22.3 Å². The van der Waals surface area contributed by atoms with Crippen LogP contribution in [0.25, 0.3) is 0 Å². The number of nitrogens with zero attached hydrogens (tertiary/aromatic N) is 3. The van der Waals surface area contributed by atoms with Gasteiger partial charge in [0.05, 0.1) is 12.3 Å². The molecule has 3 heterocycles. The van der Waals surface area contributed by atoms with Gasteiger partial charge in [-0.05, 0) is 68.7 Å². The highest BCUT2D eigenvalue weighted by atomic mass is 35.5. The molecule has 4 aliphatic rings. The molecule has 0 unspecified atom stereocenters. The molecular formula is C27H27ClF4N4O2. The zero-order valence-corrected chi connectivity index (χ0v) is 21.3. The standard InChI is InChI=1S/C27H27ClF4N4O2/c28-17-11-20(29)19(14-38-13-15-1-2-15)21(12-17)36-9-7-26(8-10-36)25(37)34-24(35-26)18-5-6-22(27(30,31)32)33-23(18)16-3-4-16/h5-6,11-12,15-16H,1-4,7-10,13-14H2,(H,34,35,37). The molecule has 6 nitrogen and oxygen atoms in total. The highest BCUT2D eigenvalue weighted by molar-refractivity contribution is 6.30. The quantitative estimate of drug-likeness (QED) is 0.455. The number of aliphatic imine (C=N–C) groups is 1. The third kappa shape index (κ3) is 5.00. The number of aromatic nitrogens is 1. The van der Waals surface area contributed by atoms with Crippen LogP contribution in [0.4, 0.5) is 23.2 Å². The van der Waals surface area contributed by atoms with Crippen molar-refractivity contribution < 1.29 is 27.1 Å². The van der Waals surface area contributed by atoms with Gasteiger partial charge in [0.2, 0.25) is 0 Å². The van der Waals surface area contributed by atoms with E-state index in [4.69, 9.17) is 21.3 Å². The number of carbonyl (C=O) groups excluding carboxylic acids is 1. The predicted molar refractivity (Wildman–Crippen MR) is 134 cm³/mol. The summed E-state index contributed by atoms with van der Waals surface area (Å²) in [5.41, 5.74) is -0.113. The van der Waals surface area contributed by atoms with Crippen LogP contribution in [0.3, 0.4) is 0 Å². The molecule has 1 N–H and O–H groups in total. The smallest absolute Gasteiger partial charge is 0.376 e. The number of nitrogens with one attached hydrogen (secondary N) is 1. The number of anilines is 1. The van der Waals surface area contributed by atoms with Crippen molar-refractivity contribution in [3.63, 3.8) is 0 Å². The average molecular weight is 551 g/mol. The van der Waals surface area contributed by atoms with Crippen molar-refractivity contribution >= 4 is 29.0 Å². The maximum atomic E-state index is 14.9. The molecule has 6 rings (SSSR count).